The summed E-state index contributed by atoms with van der Waals surface area (Å²) >= 11 is 3.40. The maximum atomic E-state index is 10.3. The predicted octanol–water partition coefficient (Wildman–Crippen LogP) is 3.31. The minimum atomic E-state index is -0.417. The highest BCUT2D eigenvalue weighted by Gasteiger charge is 1.95. The number of alkyl halides is 1. The molecule has 0 aliphatic heterocycles. The van der Waals surface area contributed by atoms with Crippen LogP contribution in [0, 0.1) is 0 Å². The SMILES string of the molecule is [NH]C(=O)CCCCCCCCCBr. The Kier molecular flexibility index (Phi) is 10.00. The first-order valence-electron chi connectivity index (χ1n) is 5.07. The number of rotatable bonds is 9. The van der Waals surface area contributed by atoms with Crippen LogP contribution >= 0.6 is 15.9 Å². The number of carbonyl (C=O) groups excluding carboxylic acids is 1. The van der Waals surface area contributed by atoms with E-state index in [1.54, 1.807) is 0 Å². The third kappa shape index (κ3) is 12.0. The number of hydrogen-bond donors (Lipinski definition) is 0. The van der Waals surface area contributed by atoms with Gasteiger partial charge in [0.25, 0.3) is 0 Å². The molecule has 0 unspecified atom stereocenters. The van der Waals surface area contributed by atoms with E-state index in [0.717, 1.165) is 18.2 Å². The summed E-state index contributed by atoms with van der Waals surface area (Å²) < 4.78 is 0. The molecule has 0 heterocycles. The number of hydrogen-bond acceptors (Lipinski definition) is 1. The zero-order valence-corrected chi connectivity index (χ0v) is 9.74. The molecule has 1 radical (unpaired) electrons. The Balaban J connectivity index is 2.87. The lowest BCUT2D eigenvalue weighted by Gasteiger charge is -1.99. The minimum Gasteiger partial charge on any atom is -0.273 e. The van der Waals surface area contributed by atoms with Crippen LogP contribution in [0.2, 0.25) is 0 Å². The van der Waals surface area contributed by atoms with Crippen molar-refractivity contribution in [3.8, 4) is 0 Å². The summed E-state index contributed by atoms with van der Waals surface area (Å²) in [6.07, 6.45) is 8.84. The van der Waals surface area contributed by atoms with Gasteiger partial charge in [0.2, 0.25) is 5.91 Å². The third-order valence-electron chi connectivity index (χ3n) is 2.04. The average molecular weight is 249 g/mol. The smallest absolute Gasteiger partial charge is 0.238 e. The molecular weight excluding hydrogens is 230 g/mol. The van der Waals surface area contributed by atoms with E-state index in [1.807, 2.05) is 0 Å². The maximum absolute atomic E-state index is 10.3. The molecule has 0 saturated carbocycles. The molecule has 0 aliphatic carbocycles. The van der Waals surface area contributed by atoms with Crippen LogP contribution in [0.1, 0.15) is 51.4 Å². The van der Waals surface area contributed by atoms with Gasteiger partial charge < -0.3 is 0 Å². The largest absolute Gasteiger partial charge is 0.273 e. The summed E-state index contributed by atoms with van der Waals surface area (Å²) in [4.78, 5) is 10.3. The molecule has 0 saturated heterocycles. The molecule has 0 aromatic heterocycles. The fourth-order valence-corrected chi connectivity index (χ4v) is 1.66. The fourth-order valence-electron chi connectivity index (χ4n) is 1.26. The molecule has 0 aromatic carbocycles. The normalized spacial score (nSPS) is 10.2. The lowest BCUT2D eigenvalue weighted by molar-refractivity contribution is -0.118. The molecule has 13 heavy (non-hydrogen) atoms. The van der Waals surface area contributed by atoms with Crippen molar-refractivity contribution in [2.75, 3.05) is 5.33 Å². The fraction of sp³-hybridized carbons (Fsp3) is 0.900. The van der Waals surface area contributed by atoms with Crippen molar-refractivity contribution in [1.82, 2.24) is 5.73 Å². The van der Waals surface area contributed by atoms with Crippen molar-refractivity contribution in [2.45, 2.75) is 51.4 Å². The highest BCUT2D eigenvalue weighted by Crippen LogP contribution is 2.08. The molecule has 1 N–H and O–H groups in total. The molecule has 0 spiro atoms. The predicted molar refractivity (Wildman–Crippen MR) is 58.8 cm³/mol. The van der Waals surface area contributed by atoms with Crippen LogP contribution in [0.3, 0.4) is 0 Å². The number of carbonyl (C=O) groups is 1. The monoisotopic (exact) mass is 248 g/mol. The Hall–Kier alpha value is -0.0500. The van der Waals surface area contributed by atoms with E-state index in [2.05, 4.69) is 15.9 Å². The summed E-state index contributed by atoms with van der Waals surface area (Å²) in [7, 11) is 0. The van der Waals surface area contributed by atoms with Crippen LogP contribution in [0.4, 0.5) is 0 Å². The Morgan fingerprint density at radius 2 is 1.38 bits per heavy atom. The summed E-state index contributed by atoms with van der Waals surface area (Å²) in [6.45, 7) is 0. The van der Waals surface area contributed by atoms with Gasteiger partial charge in [-0.15, -0.1) is 0 Å². The van der Waals surface area contributed by atoms with E-state index in [0.29, 0.717) is 6.42 Å². The molecule has 0 aliphatic rings. The Morgan fingerprint density at radius 3 is 1.85 bits per heavy atom. The maximum Gasteiger partial charge on any atom is 0.238 e. The van der Waals surface area contributed by atoms with Crippen LogP contribution in [0.15, 0.2) is 0 Å². The van der Waals surface area contributed by atoms with Crippen molar-refractivity contribution >= 4 is 21.8 Å². The third-order valence-corrected chi connectivity index (χ3v) is 2.60. The molecule has 0 bridgehead atoms. The summed E-state index contributed by atoms with van der Waals surface area (Å²) in [5.74, 6) is -0.417. The van der Waals surface area contributed by atoms with Crippen molar-refractivity contribution < 1.29 is 4.79 Å². The Morgan fingerprint density at radius 1 is 0.923 bits per heavy atom. The van der Waals surface area contributed by atoms with Gasteiger partial charge in [-0.05, 0) is 12.8 Å². The van der Waals surface area contributed by atoms with Crippen molar-refractivity contribution in [3.05, 3.63) is 0 Å². The van der Waals surface area contributed by atoms with E-state index in [4.69, 9.17) is 5.73 Å². The molecule has 0 rings (SSSR count). The highest BCUT2D eigenvalue weighted by atomic mass is 79.9. The zero-order chi connectivity index (χ0) is 9.94. The molecule has 77 valence electrons. The van der Waals surface area contributed by atoms with E-state index < -0.39 is 5.91 Å². The van der Waals surface area contributed by atoms with Gasteiger partial charge in [0, 0.05) is 11.8 Å². The zero-order valence-electron chi connectivity index (χ0n) is 8.15. The second kappa shape index (κ2) is 10.0. The summed E-state index contributed by atoms with van der Waals surface area (Å²) in [6, 6.07) is 0. The number of nitrogens with one attached hydrogen (secondary N) is 1. The lowest BCUT2D eigenvalue weighted by Crippen LogP contribution is -1.96. The lowest BCUT2D eigenvalue weighted by atomic mass is 10.1. The van der Waals surface area contributed by atoms with Gasteiger partial charge in [0.05, 0.1) is 0 Å². The van der Waals surface area contributed by atoms with Gasteiger partial charge >= 0.3 is 0 Å². The molecule has 0 fully saturated rings. The molecule has 1 amide bonds. The Bertz CT molecular complexity index is 128. The van der Waals surface area contributed by atoms with Crippen molar-refractivity contribution in [3.63, 3.8) is 0 Å². The quantitative estimate of drug-likeness (QED) is 0.456. The van der Waals surface area contributed by atoms with Gasteiger partial charge in [-0.25, -0.2) is 0 Å². The Labute approximate surface area is 89.4 Å². The van der Waals surface area contributed by atoms with Crippen LogP contribution in [0.25, 0.3) is 0 Å². The second-order valence-electron chi connectivity index (χ2n) is 3.34. The van der Waals surface area contributed by atoms with Gasteiger partial charge in [-0.2, -0.15) is 0 Å². The van der Waals surface area contributed by atoms with E-state index in [1.165, 1.54) is 32.1 Å². The summed E-state index contributed by atoms with van der Waals surface area (Å²) in [5, 5.41) is 1.11. The second-order valence-corrected chi connectivity index (χ2v) is 4.13. The van der Waals surface area contributed by atoms with Crippen LogP contribution in [-0.2, 0) is 4.79 Å². The first-order valence-corrected chi connectivity index (χ1v) is 6.20. The average Bonchev–Trinajstić information content (AvgIpc) is 2.09. The van der Waals surface area contributed by atoms with E-state index in [-0.39, 0.29) is 0 Å². The van der Waals surface area contributed by atoms with Crippen LogP contribution in [-0.4, -0.2) is 11.2 Å². The van der Waals surface area contributed by atoms with E-state index >= 15 is 0 Å². The molecule has 2 nitrogen and oxygen atoms in total. The summed E-state index contributed by atoms with van der Waals surface area (Å²) in [5.41, 5.74) is 6.70. The first-order chi connectivity index (χ1) is 6.27. The van der Waals surface area contributed by atoms with E-state index in [9.17, 15) is 4.79 Å². The topological polar surface area (TPSA) is 40.9 Å². The highest BCUT2D eigenvalue weighted by molar-refractivity contribution is 9.09. The molecule has 3 heteroatoms. The van der Waals surface area contributed by atoms with Gasteiger partial charge in [0.1, 0.15) is 0 Å². The minimum absolute atomic E-state index is 0.417. The number of unbranched alkanes of at least 4 members (excludes halogenated alkanes) is 6. The first kappa shape index (κ1) is 12.9. The van der Waals surface area contributed by atoms with Gasteiger partial charge in [-0.1, -0.05) is 48.0 Å². The molecule has 0 atom stereocenters. The van der Waals surface area contributed by atoms with Gasteiger partial charge in [-0.3, -0.25) is 10.5 Å². The number of halogens is 1. The van der Waals surface area contributed by atoms with Crippen molar-refractivity contribution in [1.29, 1.82) is 0 Å². The molecular formula is C10H19BrNO. The van der Waals surface area contributed by atoms with Crippen molar-refractivity contribution in [2.24, 2.45) is 0 Å². The van der Waals surface area contributed by atoms with Crippen LogP contribution in [0.5, 0.6) is 0 Å². The van der Waals surface area contributed by atoms with Gasteiger partial charge in [0.15, 0.2) is 0 Å². The van der Waals surface area contributed by atoms with Crippen LogP contribution < -0.4 is 5.73 Å². The number of amides is 1. The standard InChI is InChI=1S/C10H19BrNO/c11-9-7-5-3-1-2-4-6-8-10(12)13/h12H,1-9H2. The molecule has 0 aromatic rings.